The van der Waals surface area contributed by atoms with Gasteiger partial charge in [0, 0.05) is 28.9 Å². The van der Waals surface area contributed by atoms with Gasteiger partial charge in [-0.1, -0.05) is 39.0 Å². The van der Waals surface area contributed by atoms with Crippen LogP contribution in [0.1, 0.15) is 47.7 Å². The quantitative estimate of drug-likeness (QED) is 0.500. The molecule has 4 heterocycles. The molecule has 36 heavy (non-hydrogen) atoms. The van der Waals surface area contributed by atoms with E-state index >= 15 is 0 Å². The first-order chi connectivity index (χ1) is 17.2. The second-order valence-electron chi connectivity index (χ2n) is 10.3. The Morgan fingerprint density at radius 2 is 1.94 bits per heavy atom. The summed E-state index contributed by atoms with van der Waals surface area (Å²) in [5.74, 6) is 0.869. The lowest BCUT2D eigenvalue weighted by atomic mass is 9.88. The largest absolute Gasteiger partial charge is 0.378 e. The van der Waals surface area contributed by atoms with Crippen LogP contribution in [0.5, 0.6) is 0 Å². The average molecular weight is 525 g/mol. The molecule has 7 nitrogen and oxygen atoms in total. The number of aromatic nitrogens is 2. The van der Waals surface area contributed by atoms with E-state index in [1.807, 2.05) is 29.8 Å². The normalized spacial score (nSPS) is 18.8. The molecule has 1 atom stereocenters. The first-order valence-corrected chi connectivity index (χ1v) is 14.2. The molecule has 2 amide bonds. The number of hydrogen-bond acceptors (Lipinski definition) is 6. The predicted molar refractivity (Wildman–Crippen MR) is 145 cm³/mol. The molecule has 2 aliphatic rings. The average Bonchev–Trinajstić information content (AvgIpc) is 3.49. The van der Waals surface area contributed by atoms with Gasteiger partial charge in [-0.3, -0.25) is 14.5 Å². The highest BCUT2D eigenvalue weighted by molar-refractivity contribution is 8.00. The Morgan fingerprint density at radius 1 is 1.17 bits per heavy atom. The number of ether oxygens (including phenoxy) is 1. The third kappa shape index (κ3) is 4.84. The molecule has 0 unspecified atom stereocenters. The molecule has 0 spiro atoms. The van der Waals surface area contributed by atoms with Crippen LogP contribution in [-0.4, -0.2) is 65.1 Å². The van der Waals surface area contributed by atoms with Gasteiger partial charge in [0.25, 0.3) is 0 Å². The first kappa shape index (κ1) is 25.0. The van der Waals surface area contributed by atoms with E-state index in [1.165, 1.54) is 4.88 Å². The van der Waals surface area contributed by atoms with Gasteiger partial charge in [0.15, 0.2) is 0 Å². The zero-order chi connectivity index (χ0) is 25.4. The number of thioether (sulfide) groups is 1. The van der Waals surface area contributed by atoms with Crippen LogP contribution >= 0.6 is 23.1 Å². The van der Waals surface area contributed by atoms with Crippen molar-refractivity contribution < 1.29 is 14.3 Å². The highest BCUT2D eigenvalue weighted by Gasteiger charge is 2.40. The van der Waals surface area contributed by atoms with Crippen molar-refractivity contribution in [3.63, 3.8) is 0 Å². The third-order valence-corrected chi connectivity index (χ3v) is 8.83. The predicted octanol–water partition coefficient (Wildman–Crippen LogP) is 4.57. The second kappa shape index (κ2) is 10.0. The van der Waals surface area contributed by atoms with Crippen molar-refractivity contribution in [3.8, 4) is 5.69 Å². The highest BCUT2D eigenvalue weighted by Crippen LogP contribution is 2.49. The fourth-order valence-electron chi connectivity index (χ4n) is 4.73. The van der Waals surface area contributed by atoms with Crippen LogP contribution in [0.25, 0.3) is 5.69 Å². The maximum absolute atomic E-state index is 13.7. The topological polar surface area (TPSA) is 67.7 Å². The van der Waals surface area contributed by atoms with E-state index in [0.29, 0.717) is 37.9 Å². The third-order valence-electron chi connectivity index (χ3n) is 6.50. The highest BCUT2D eigenvalue weighted by atomic mass is 32.2. The van der Waals surface area contributed by atoms with Crippen molar-refractivity contribution >= 4 is 40.7 Å². The van der Waals surface area contributed by atoms with Crippen LogP contribution in [0.2, 0.25) is 0 Å². The molecule has 0 N–H and O–H groups in total. The lowest BCUT2D eigenvalue weighted by molar-refractivity contribution is -0.134. The van der Waals surface area contributed by atoms with Gasteiger partial charge in [0.05, 0.1) is 35.6 Å². The van der Waals surface area contributed by atoms with E-state index in [2.05, 4.69) is 44.4 Å². The fourth-order valence-corrected chi connectivity index (χ4v) is 6.90. The summed E-state index contributed by atoms with van der Waals surface area (Å²) in [4.78, 5) is 31.7. The van der Waals surface area contributed by atoms with Gasteiger partial charge in [-0.2, -0.15) is 5.10 Å². The molecule has 190 valence electrons. The maximum atomic E-state index is 13.7. The minimum absolute atomic E-state index is 0.00928. The molecular weight excluding hydrogens is 492 g/mol. The molecule has 2 aromatic heterocycles. The van der Waals surface area contributed by atoms with Crippen molar-refractivity contribution in [2.45, 2.75) is 38.4 Å². The van der Waals surface area contributed by atoms with Gasteiger partial charge in [0.1, 0.15) is 12.4 Å². The number of hydrogen-bond donors (Lipinski definition) is 0. The fraction of sp³-hybridized carbons (Fsp3) is 0.444. The van der Waals surface area contributed by atoms with E-state index in [9.17, 15) is 9.59 Å². The zero-order valence-corrected chi connectivity index (χ0v) is 22.8. The molecular formula is C27H32N4O3S2. The molecule has 1 saturated heterocycles. The second-order valence-corrected chi connectivity index (χ2v) is 12.3. The van der Waals surface area contributed by atoms with Crippen LogP contribution in [0.4, 0.5) is 5.82 Å². The molecule has 3 aromatic rings. The minimum atomic E-state index is -0.261. The van der Waals surface area contributed by atoms with Crippen LogP contribution < -0.4 is 4.90 Å². The summed E-state index contributed by atoms with van der Waals surface area (Å²) in [6.45, 7) is 10.6. The molecule has 5 rings (SSSR count). The number of fused-ring (bicyclic) bond motifs is 1. The van der Waals surface area contributed by atoms with Gasteiger partial charge < -0.3 is 9.64 Å². The lowest BCUT2D eigenvalue weighted by Crippen LogP contribution is -2.48. The summed E-state index contributed by atoms with van der Waals surface area (Å²) in [7, 11) is 0. The van der Waals surface area contributed by atoms with E-state index in [-0.39, 0.29) is 29.0 Å². The molecule has 0 bridgehead atoms. The van der Waals surface area contributed by atoms with Gasteiger partial charge in [-0.25, -0.2) is 4.68 Å². The minimum Gasteiger partial charge on any atom is -0.378 e. The Balaban J connectivity index is 1.71. The number of carbonyl (C=O) groups is 2. The molecule has 0 aliphatic carbocycles. The summed E-state index contributed by atoms with van der Waals surface area (Å²) in [5.41, 5.74) is 3.70. The summed E-state index contributed by atoms with van der Waals surface area (Å²) in [5, 5.41) is 7.18. The van der Waals surface area contributed by atoms with E-state index in [4.69, 9.17) is 9.84 Å². The SMILES string of the molecule is Cc1cccc(-n2nc(C(C)(C)C)c3c2N(CC(=O)N2CCOCC2)C(=O)CS[C@H]3c2cccs2)c1. The van der Waals surface area contributed by atoms with Crippen molar-refractivity contribution in [3.05, 3.63) is 63.5 Å². The maximum Gasteiger partial charge on any atom is 0.242 e. The van der Waals surface area contributed by atoms with Crippen LogP contribution in [0, 0.1) is 6.92 Å². The summed E-state index contributed by atoms with van der Waals surface area (Å²) >= 11 is 3.31. The molecule has 0 radical (unpaired) electrons. The number of morpholine rings is 1. The van der Waals surface area contributed by atoms with Crippen LogP contribution in [0.15, 0.2) is 41.8 Å². The van der Waals surface area contributed by atoms with E-state index in [1.54, 1.807) is 32.9 Å². The van der Waals surface area contributed by atoms with Crippen LogP contribution in [-0.2, 0) is 19.7 Å². The molecule has 9 heteroatoms. The Morgan fingerprint density at radius 3 is 2.61 bits per heavy atom. The molecule has 1 aromatic carbocycles. The Bertz CT molecular complexity index is 1260. The van der Waals surface area contributed by atoms with Gasteiger partial charge >= 0.3 is 0 Å². The van der Waals surface area contributed by atoms with Gasteiger partial charge in [0.2, 0.25) is 11.8 Å². The monoisotopic (exact) mass is 524 g/mol. The zero-order valence-electron chi connectivity index (χ0n) is 21.2. The van der Waals surface area contributed by atoms with Gasteiger partial charge in [-0.15, -0.1) is 23.1 Å². The van der Waals surface area contributed by atoms with E-state index in [0.717, 1.165) is 22.5 Å². The number of aryl methyl sites for hydroxylation is 1. The Hall–Kier alpha value is -2.62. The summed E-state index contributed by atoms with van der Waals surface area (Å²) in [6, 6.07) is 12.3. The van der Waals surface area contributed by atoms with Crippen molar-refractivity contribution in [1.82, 2.24) is 14.7 Å². The van der Waals surface area contributed by atoms with Crippen molar-refractivity contribution in [2.75, 3.05) is 43.5 Å². The van der Waals surface area contributed by atoms with Crippen molar-refractivity contribution in [2.24, 2.45) is 0 Å². The number of thiophene rings is 1. The Labute approximate surface area is 220 Å². The number of carbonyl (C=O) groups excluding carboxylic acids is 2. The van der Waals surface area contributed by atoms with Crippen LogP contribution in [0.3, 0.4) is 0 Å². The van der Waals surface area contributed by atoms with E-state index < -0.39 is 0 Å². The Kier molecular flexibility index (Phi) is 6.98. The standard InChI is InChI=1S/C27H32N4O3S2/c1-18-7-5-8-19(15-18)31-26-23(25(28-31)27(2,3)4)24(20-9-6-14-35-20)36-17-22(33)30(26)16-21(32)29-10-12-34-13-11-29/h5-9,14-15,24H,10-13,16-17H2,1-4H3/t24-/m0/s1. The molecule has 0 saturated carbocycles. The smallest absolute Gasteiger partial charge is 0.242 e. The van der Waals surface area contributed by atoms with Gasteiger partial charge in [-0.05, 0) is 36.1 Å². The number of rotatable bonds is 4. The number of amides is 2. The number of anilines is 1. The summed E-state index contributed by atoms with van der Waals surface area (Å²) in [6.07, 6.45) is 0. The number of nitrogens with zero attached hydrogens (tertiary/aromatic N) is 4. The molecule has 2 aliphatic heterocycles. The lowest BCUT2D eigenvalue weighted by Gasteiger charge is -2.30. The summed E-state index contributed by atoms with van der Waals surface area (Å²) < 4.78 is 7.32. The first-order valence-electron chi connectivity index (χ1n) is 12.3. The molecule has 1 fully saturated rings. The van der Waals surface area contributed by atoms with Crippen molar-refractivity contribution in [1.29, 1.82) is 0 Å². The number of benzene rings is 1.